The molecule has 3 nitrogen and oxygen atoms in total. The number of piperidine rings is 1. The lowest BCUT2D eigenvalue weighted by Crippen LogP contribution is -2.45. The molecule has 5 heteroatoms. The summed E-state index contributed by atoms with van der Waals surface area (Å²) in [6.45, 7) is 0.892. The van der Waals surface area contributed by atoms with Crippen LogP contribution in [-0.2, 0) is 0 Å². The molecule has 0 amide bonds. The molecule has 2 atom stereocenters. The van der Waals surface area contributed by atoms with Gasteiger partial charge in [-0.25, -0.2) is 0 Å². The Labute approximate surface area is 139 Å². The molecule has 2 aromatic rings. The maximum Gasteiger partial charge on any atom is 0.152 e. The Morgan fingerprint density at radius 2 is 1.91 bits per heavy atom. The zero-order valence-electron chi connectivity index (χ0n) is 11.9. The van der Waals surface area contributed by atoms with Crippen molar-refractivity contribution >= 4 is 28.9 Å². The van der Waals surface area contributed by atoms with E-state index in [1.54, 1.807) is 6.07 Å². The topological polar surface area (TPSA) is 38.5 Å². The quantitative estimate of drug-likeness (QED) is 0.754. The summed E-state index contributed by atoms with van der Waals surface area (Å²) in [7, 11) is 0. The van der Waals surface area contributed by atoms with Crippen LogP contribution in [0.4, 0.5) is 5.69 Å². The van der Waals surface area contributed by atoms with Crippen molar-refractivity contribution in [2.45, 2.75) is 24.9 Å². The second kappa shape index (κ2) is 5.34. The van der Waals surface area contributed by atoms with E-state index >= 15 is 0 Å². The lowest BCUT2D eigenvalue weighted by Gasteiger charge is -2.41. The Kier molecular flexibility index (Phi) is 3.44. The normalized spacial score (nSPS) is 23.0. The van der Waals surface area contributed by atoms with Crippen molar-refractivity contribution in [3.8, 4) is 11.5 Å². The molecule has 0 unspecified atom stereocenters. The highest BCUT2D eigenvalue weighted by Crippen LogP contribution is 2.51. The third-order valence-electron chi connectivity index (χ3n) is 4.45. The minimum Gasteiger partial charge on any atom is -0.455 e. The number of para-hydroxylation sites is 1. The molecule has 0 radical (unpaired) electrons. The molecule has 2 heterocycles. The molecule has 4 rings (SSSR count). The molecule has 0 aromatic heterocycles. The molecule has 2 N–H and O–H groups in total. The number of hydrogen-bond donors (Lipinski definition) is 1. The fraction of sp³-hybridized carbons (Fsp3) is 0.294. The number of rotatable bonds is 0. The van der Waals surface area contributed by atoms with Crippen LogP contribution in [0.3, 0.4) is 0 Å². The van der Waals surface area contributed by atoms with Gasteiger partial charge in [-0.1, -0.05) is 41.4 Å². The van der Waals surface area contributed by atoms with Crippen molar-refractivity contribution in [2.75, 3.05) is 11.4 Å². The van der Waals surface area contributed by atoms with Crippen molar-refractivity contribution in [3.05, 3.63) is 52.0 Å². The van der Waals surface area contributed by atoms with Gasteiger partial charge in [-0.15, -0.1) is 0 Å². The zero-order chi connectivity index (χ0) is 15.3. The number of benzene rings is 2. The Bertz CT molecular complexity index is 735. The summed E-state index contributed by atoms with van der Waals surface area (Å²) in [5.74, 6) is 1.57. The van der Waals surface area contributed by atoms with E-state index in [9.17, 15) is 0 Å². The van der Waals surface area contributed by atoms with Gasteiger partial charge >= 0.3 is 0 Å². The Hall–Kier alpha value is -1.42. The van der Waals surface area contributed by atoms with Crippen molar-refractivity contribution in [1.82, 2.24) is 0 Å². The molecule has 2 aliphatic rings. The summed E-state index contributed by atoms with van der Waals surface area (Å²) in [5.41, 5.74) is 8.41. The van der Waals surface area contributed by atoms with E-state index in [0.29, 0.717) is 10.0 Å². The molecular formula is C17H16Cl2N2O. The summed E-state index contributed by atoms with van der Waals surface area (Å²) < 4.78 is 6.14. The first-order chi connectivity index (χ1) is 10.7. The SMILES string of the molecule is N[C@H]1CCCN2c3c(ccc(Cl)c3Cl)Oc3ccccc3[C@H]12. The second-order valence-corrected chi connectivity index (χ2v) is 6.58. The molecule has 0 aliphatic carbocycles. The lowest BCUT2D eigenvalue weighted by molar-refractivity contribution is 0.408. The van der Waals surface area contributed by atoms with Crippen LogP contribution in [0.15, 0.2) is 36.4 Å². The zero-order valence-corrected chi connectivity index (χ0v) is 13.4. The Morgan fingerprint density at radius 1 is 1.09 bits per heavy atom. The number of halogens is 2. The van der Waals surface area contributed by atoms with E-state index in [0.717, 1.165) is 42.1 Å². The third-order valence-corrected chi connectivity index (χ3v) is 5.25. The molecule has 22 heavy (non-hydrogen) atoms. The standard InChI is InChI=1S/C17H16Cl2N2O/c18-11-7-8-14-17(15(11)19)21-9-3-5-12(20)16(21)10-4-1-2-6-13(10)22-14/h1-2,4,6-8,12,16H,3,5,9,20H2/t12-,16+/m0/s1. The fourth-order valence-corrected chi connectivity index (χ4v) is 3.90. The van der Waals surface area contributed by atoms with Crippen molar-refractivity contribution < 1.29 is 4.74 Å². The Balaban J connectivity index is 1.98. The number of nitrogens with two attached hydrogens (primary N) is 1. The molecule has 1 fully saturated rings. The van der Waals surface area contributed by atoms with E-state index in [4.69, 9.17) is 33.7 Å². The summed E-state index contributed by atoms with van der Waals surface area (Å²) in [4.78, 5) is 2.25. The molecule has 0 bridgehead atoms. The summed E-state index contributed by atoms with van der Waals surface area (Å²) in [6, 6.07) is 11.8. The van der Waals surface area contributed by atoms with E-state index in [2.05, 4.69) is 11.0 Å². The molecule has 2 aromatic carbocycles. The lowest BCUT2D eigenvalue weighted by atomic mass is 9.90. The van der Waals surface area contributed by atoms with E-state index in [1.807, 2.05) is 24.3 Å². The van der Waals surface area contributed by atoms with Crippen LogP contribution in [-0.4, -0.2) is 12.6 Å². The predicted octanol–water partition coefficient (Wildman–Crippen LogP) is 4.77. The van der Waals surface area contributed by atoms with Crippen LogP contribution in [0.5, 0.6) is 11.5 Å². The van der Waals surface area contributed by atoms with E-state index in [-0.39, 0.29) is 12.1 Å². The van der Waals surface area contributed by atoms with Gasteiger partial charge in [0.2, 0.25) is 0 Å². The summed E-state index contributed by atoms with van der Waals surface area (Å²) >= 11 is 12.7. The molecule has 1 saturated heterocycles. The van der Waals surface area contributed by atoms with Gasteiger partial charge in [0.15, 0.2) is 5.75 Å². The fourth-order valence-electron chi connectivity index (χ4n) is 3.48. The summed E-state index contributed by atoms with van der Waals surface area (Å²) in [5, 5.41) is 1.07. The highest BCUT2D eigenvalue weighted by molar-refractivity contribution is 6.44. The highest BCUT2D eigenvalue weighted by atomic mass is 35.5. The average Bonchev–Trinajstić information content (AvgIpc) is 2.66. The number of hydrogen-bond acceptors (Lipinski definition) is 3. The van der Waals surface area contributed by atoms with Gasteiger partial charge in [0.05, 0.1) is 16.1 Å². The van der Waals surface area contributed by atoms with Crippen LogP contribution < -0.4 is 15.4 Å². The van der Waals surface area contributed by atoms with Gasteiger partial charge in [0.25, 0.3) is 0 Å². The first-order valence-electron chi connectivity index (χ1n) is 7.44. The van der Waals surface area contributed by atoms with Crippen LogP contribution in [0.25, 0.3) is 0 Å². The van der Waals surface area contributed by atoms with Gasteiger partial charge in [0.1, 0.15) is 11.4 Å². The van der Waals surface area contributed by atoms with Crippen molar-refractivity contribution in [2.24, 2.45) is 5.73 Å². The first kappa shape index (κ1) is 14.2. The molecule has 114 valence electrons. The van der Waals surface area contributed by atoms with Crippen LogP contribution >= 0.6 is 23.2 Å². The molecular weight excluding hydrogens is 319 g/mol. The van der Waals surface area contributed by atoms with Gasteiger partial charge < -0.3 is 15.4 Å². The van der Waals surface area contributed by atoms with Gasteiger partial charge in [-0.05, 0) is 31.0 Å². The van der Waals surface area contributed by atoms with Crippen LogP contribution in [0.1, 0.15) is 24.4 Å². The minimum absolute atomic E-state index is 0.0412. The van der Waals surface area contributed by atoms with Gasteiger partial charge in [-0.3, -0.25) is 0 Å². The van der Waals surface area contributed by atoms with Crippen LogP contribution in [0.2, 0.25) is 10.0 Å². The van der Waals surface area contributed by atoms with Gasteiger partial charge in [-0.2, -0.15) is 0 Å². The third kappa shape index (κ3) is 2.08. The average molecular weight is 335 g/mol. The predicted molar refractivity (Wildman–Crippen MR) is 90.3 cm³/mol. The van der Waals surface area contributed by atoms with Crippen LogP contribution in [0, 0.1) is 0 Å². The molecule has 0 saturated carbocycles. The monoisotopic (exact) mass is 334 g/mol. The molecule has 0 spiro atoms. The Morgan fingerprint density at radius 3 is 2.77 bits per heavy atom. The number of nitrogens with zero attached hydrogens (tertiary/aromatic N) is 1. The maximum absolute atomic E-state index is 6.50. The number of fused-ring (bicyclic) bond motifs is 5. The minimum atomic E-state index is 0.0412. The molecule has 2 aliphatic heterocycles. The van der Waals surface area contributed by atoms with Crippen molar-refractivity contribution in [3.63, 3.8) is 0 Å². The number of anilines is 1. The summed E-state index contributed by atoms with van der Waals surface area (Å²) in [6.07, 6.45) is 2.02. The first-order valence-corrected chi connectivity index (χ1v) is 8.19. The van der Waals surface area contributed by atoms with E-state index in [1.165, 1.54) is 0 Å². The largest absolute Gasteiger partial charge is 0.455 e. The van der Waals surface area contributed by atoms with E-state index < -0.39 is 0 Å². The van der Waals surface area contributed by atoms with Gasteiger partial charge in [0, 0.05) is 18.2 Å². The van der Waals surface area contributed by atoms with Crippen molar-refractivity contribution in [1.29, 1.82) is 0 Å². The smallest absolute Gasteiger partial charge is 0.152 e. The second-order valence-electron chi connectivity index (χ2n) is 5.79. The maximum atomic E-state index is 6.50. The highest BCUT2D eigenvalue weighted by Gasteiger charge is 2.37. The number of ether oxygens (including phenoxy) is 1.